The Morgan fingerprint density at radius 2 is 1.89 bits per heavy atom. The van der Waals surface area contributed by atoms with E-state index >= 15 is 0 Å². The Morgan fingerprint density at radius 3 is 2.61 bits per heavy atom. The third-order valence-corrected chi connectivity index (χ3v) is 8.13. The summed E-state index contributed by atoms with van der Waals surface area (Å²) in [6, 6.07) is 7.98. The van der Waals surface area contributed by atoms with Crippen molar-refractivity contribution in [2.45, 2.75) is 25.8 Å². The predicted molar refractivity (Wildman–Crippen MR) is 169 cm³/mol. The Hall–Kier alpha value is -5.20. The van der Waals surface area contributed by atoms with Gasteiger partial charge in [0.05, 0.1) is 29.5 Å². The molecule has 5 heterocycles. The lowest BCUT2D eigenvalue weighted by molar-refractivity contribution is -0.129. The highest BCUT2D eigenvalue weighted by Gasteiger charge is 2.29. The van der Waals surface area contributed by atoms with E-state index in [0.29, 0.717) is 40.9 Å². The Kier molecular flexibility index (Phi) is 8.26. The van der Waals surface area contributed by atoms with E-state index in [1.54, 1.807) is 31.3 Å². The third-order valence-electron chi connectivity index (χ3n) is 8.13. The quantitative estimate of drug-likeness (QED) is 0.246. The van der Waals surface area contributed by atoms with Crippen molar-refractivity contribution in [2.24, 2.45) is 0 Å². The molecule has 2 fully saturated rings. The molecule has 44 heavy (non-hydrogen) atoms. The molecule has 6 rings (SSSR count). The molecule has 3 aromatic heterocycles. The summed E-state index contributed by atoms with van der Waals surface area (Å²) < 4.78 is 6.37. The van der Waals surface area contributed by atoms with Crippen LogP contribution >= 0.6 is 0 Å². The summed E-state index contributed by atoms with van der Waals surface area (Å²) in [5.74, 6) is 1.39. The van der Waals surface area contributed by atoms with E-state index in [2.05, 4.69) is 37.1 Å². The number of amides is 2. The van der Waals surface area contributed by atoms with Gasteiger partial charge in [-0.25, -0.2) is 4.98 Å². The molecular formula is C31H36N10O3. The number of likely N-dealkylation sites (tertiary alicyclic amines) is 1. The lowest BCUT2D eigenvalue weighted by Gasteiger charge is -2.35. The zero-order valence-electron chi connectivity index (χ0n) is 24.9. The number of carbonyl (C=O) groups is 2. The molecule has 1 atom stereocenters. The van der Waals surface area contributed by atoms with Gasteiger partial charge < -0.3 is 35.1 Å². The van der Waals surface area contributed by atoms with Crippen molar-refractivity contribution in [3.8, 4) is 17.1 Å². The van der Waals surface area contributed by atoms with Crippen molar-refractivity contribution in [2.75, 3.05) is 61.9 Å². The molecule has 2 aliphatic rings. The minimum Gasteiger partial charge on any atom is -0.475 e. The van der Waals surface area contributed by atoms with Crippen LogP contribution in [-0.4, -0.2) is 99.0 Å². The minimum atomic E-state index is -0.100. The van der Waals surface area contributed by atoms with Gasteiger partial charge in [-0.1, -0.05) is 6.58 Å². The summed E-state index contributed by atoms with van der Waals surface area (Å²) in [4.78, 5) is 51.8. The van der Waals surface area contributed by atoms with E-state index in [4.69, 9.17) is 14.7 Å². The first-order chi connectivity index (χ1) is 21.4. The highest BCUT2D eigenvalue weighted by Crippen LogP contribution is 2.35. The number of H-pyrrole nitrogens is 1. The van der Waals surface area contributed by atoms with Gasteiger partial charge in [0.1, 0.15) is 18.1 Å². The zero-order valence-corrected chi connectivity index (χ0v) is 24.9. The van der Waals surface area contributed by atoms with Crippen molar-refractivity contribution in [3.63, 3.8) is 0 Å². The van der Waals surface area contributed by atoms with Crippen LogP contribution in [0.2, 0.25) is 0 Å². The summed E-state index contributed by atoms with van der Waals surface area (Å²) in [5, 5.41) is 7.01. The van der Waals surface area contributed by atoms with Crippen molar-refractivity contribution in [1.29, 1.82) is 0 Å². The van der Waals surface area contributed by atoms with E-state index in [1.807, 2.05) is 35.4 Å². The number of rotatable bonds is 9. The van der Waals surface area contributed by atoms with Crippen LogP contribution < -0.4 is 20.3 Å². The number of benzene rings is 1. The fourth-order valence-corrected chi connectivity index (χ4v) is 5.73. The third kappa shape index (κ3) is 5.98. The molecule has 2 aliphatic heterocycles. The SMILES string of the molecule is C=CC(=O)N1CCC[C@H]1COc1nc(Nc2ccc(N3CCN(C(C)=O)CC3)cc2)nc2[nH]cc(-c3cncc(NC)n3)c12. The number of aromatic nitrogens is 5. The lowest BCUT2D eigenvalue weighted by atomic mass is 10.2. The molecule has 0 aliphatic carbocycles. The second-order valence-corrected chi connectivity index (χ2v) is 10.8. The van der Waals surface area contributed by atoms with E-state index in [9.17, 15) is 9.59 Å². The molecular weight excluding hydrogens is 560 g/mol. The maximum Gasteiger partial charge on any atom is 0.246 e. The van der Waals surface area contributed by atoms with Crippen molar-refractivity contribution < 1.29 is 14.3 Å². The van der Waals surface area contributed by atoms with E-state index in [0.717, 1.165) is 56.0 Å². The first kappa shape index (κ1) is 28.9. The molecule has 2 amide bonds. The number of nitrogens with zero attached hydrogens (tertiary/aromatic N) is 7. The maximum atomic E-state index is 12.4. The second-order valence-electron chi connectivity index (χ2n) is 10.8. The van der Waals surface area contributed by atoms with Crippen molar-refractivity contribution in [3.05, 3.63) is 55.5 Å². The summed E-state index contributed by atoms with van der Waals surface area (Å²) in [7, 11) is 1.79. The Bertz CT molecular complexity index is 1660. The number of anilines is 4. The van der Waals surface area contributed by atoms with Crippen LogP contribution in [0.5, 0.6) is 5.88 Å². The molecule has 2 saturated heterocycles. The highest BCUT2D eigenvalue weighted by atomic mass is 16.5. The van der Waals surface area contributed by atoms with Crippen LogP contribution in [-0.2, 0) is 9.59 Å². The van der Waals surface area contributed by atoms with Gasteiger partial charge in [-0.15, -0.1) is 0 Å². The first-order valence-electron chi connectivity index (χ1n) is 14.8. The molecule has 0 radical (unpaired) electrons. The molecule has 0 spiro atoms. The number of hydrogen-bond acceptors (Lipinski definition) is 10. The Morgan fingerprint density at radius 1 is 1.09 bits per heavy atom. The summed E-state index contributed by atoms with van der Waals surface area (Å²) in [6.45, 7) is 9.23. The van der Waals surface area contributed by atoms with Crippen LogP contribution in [0.3, 0.4) is 0 Å². The van der Waals surface area contributed by atoms with Gasteiger partial charge in [-0.3, -0.25) is 14.6 Å². The van der Waals surface area contributed by atoms with E-state index < -0.39 is 0 Å². The number of aromatic amines is 1. The molecule has 4 aromatic rings. The summed E-state index contributed by atoms with van der Waals surface area (Å²) in [5.41, 5.74) is 3.88. The minimum absolute atomic E-state index is 0.0819. The fraction of sp³-hybridized carbons (Fsp3) is 0.355. The monoisotopic (exact) mass is 596 g/mol. The van der Waals surface area contributed by atoms with Crippen molar-refractivity contribution >= 4 is 46.0 Å². The van der Waals surface area contributed by atoms with Crippen LogP contribution in [0.1, 0.15) is 19.8 Å². The largest absolute Gasteiger partial charge is 0.475 e. The molecule has 1 aromatic carbocycles. The average Bonchev–Trinajstić information content (AvgIpc) is 3.71. The van der Waals surface area contributed by atoms with Gasteiger partial charge in [0.25, 0.3) is 0 Å². The first-order valence-corrected chi connectivity index (χ1v) is 14.8. The van der Waals surface area contributed by atoms with Gasteiger partial charge in [0.15, 0.2) is 0 Å². The number of hydrogen-bond donors (Lipinski definition) is 3. The lowest BCUT2D eigenvalue weighted by Crippen LogP contribution is -2.48. The van der Waals surface area contributed by atoms with Gasteiger partial charge >= 0.3 is 0 Å². The number of carbonyl (C=O) groups excluding carboxylic acids is 2. The average molecular weight is 597 g/mol. The van der Waals surface area contributed by atoms with E-state index in [-0.39, 0.29) is 24.5 Å². The Labute approximate surface area is 255 Å². The summed E-state index contributed by atoms with van der Waals surface area (Å²) in [6.07, 6.45) is 8.25. The number of fused-ring (bicyclic) bond motifs is 1. The maximum absolute atomic E-state index is 12.4. The molecule has 0 saturated carbocycles. The van der Waals surface area contributed by atoms with Crippen LogP contribution in [0, 0.1) is 0 Å². The van der Waals surface area contributed by atoms with Gasteiger partial charge in [-0.05, 0) is 43.2 Å². The molecule has 0 unspecified atom stereocenters. The zero-order chi connectivity index (χ0) is 30.6. The normalized spacial score (nSPS) is 16.7. The number of piperazine rings is 1. The van der Waals surface area contributed by atoms with Crippen molar-refractivity contribution in [1.82, 2.24) is 34.7 Å². The highest BCUT2D eigenvalue weighted by molar-refractivity contribution is 5.97. The van der Waals surface area contributed by atoms with Crippen LogP contribution in [0.25, 0.3) is 22.3 Å². The van der Waals surface area contributed by atoms with Gasteiger partial charge in [-0.2, -0.15) is 9.97 Å². The number of ether oxygens (including phenoxy) is 1. The van der Waals surface area contributed by atoms with E-state index in [1.165, 1.54) is 6.08 Å². The molecule has 13 nitrogen and oxygen atoms in total. The molecule has 0 bridgehead atoms. The topological polar surface area (TPSA) is 144 Å². The van der Waals surface area contributed by atoms with Crippen LogP contribution in [0.15, 0.2) is 55.5 Å². The fourth-order valence-electron chi connectivity index (χ4n) is 5.73. The smallest absolute Gasteiger partial charge is 0.246 e. The molecule has 228 valence electrons. The standard InChI is InChI=1S/C31H36N10O3/c1-4-27(43)41-11-5-6-23(41)19-44-30-28-24(25-17-33-18-26(32-3)36-25)16-34-29(28)37-31(38-30)35-21-7-9-22(10-8-21)40-14-12-39(13-15-40)20(2)42/h4,7-10,16-18,23H,1,5-6,11-15,19H2,2-3H3,(H,32,36)(H2,34,35,37,38)/t23-/m0/s1. The number of nitrogens with one attached hydrogen (secondary N) is 3. The molecule has 3 N–H and O–H groups in total. The second kappa shape index (κ2) is 12.6. The predicted octanol–water partition coefficient (Wildman–Crippen LogP) is 3.42. The van der Waals surface area contributed by atoms with Gasteiger partial charge in [0, 0.05) is 69.8 Å². The Balaban J connectivity index is 1.27. The van der Waals surface area contributed by atoms with Gasteiger partial charge in [0.2, 0.25) is 23.6 Å². The molecule has 13 heteroatoms. The summed E-state index contributed by atoms with van der Waals surface area (Å²) >= 11 is 0. The van der Waals surface area contributed by atoms with Crippen LogP contribution in [0.4, 0.5) is 23.1 Å².